The van der Waals surface area contributed by atoms with E-state index in [4.69, 9.17) is 23.2 Å². The number of nitrogens with one attached hydrogen (secondary N) is 2. The van der Waals surface area contributed by atoms with Crippen molar-refractivity contribution in [3.05, 3.63) is 72.8 Å². The number of carbonyl (C=O) groups excluding carboxylic acids is 2. The van der Waals surface area contributed by atoms with Crippen molar-refractivity contribution >= 4 is 120 Å². The van der Waals surface area contributed by atoms with E-state index in [2.05, 4.69) is 31.1 Å². The molecule has 0 aliphatic heterocycles. The van der Waals surface area contributed by atoms with Crippen molar-refractivity contribution in [3.63, 3.8) is 0 Å². The Kier molecular flexibility index (Phi) is 15.2. The van der Waals surface area contributed by atoms with Crippen LogP contribution >= 0.6 is 23.2 Å². The third-order valence-electron chi connectivity index (χ3n) is 8.86. The van der Waals surface area contributed by atoms with E-state index in [1.54, 1.807) is 12.1 Å². The number of sulfone groups is 2. The van der Waals surface area contributed by atoms with E-state index >= 15 is 0 Å². The summed E-state index contributed by atoms with van der Waals surface area (Å²) in [6.07, 6.45) is -0.274. The SMILES string of the molecule is O=C(CCCS(=O)(=O)CCCl)Nc1ccc(N=Nc2ccc3cc(N=Nc4ccc5cc(S(=O)(=O)O)cc(NC(=O)CCCS(=O)(=O)CCCl)c5c4O)ccc3c2O)c(O)c1. The maximum Gasteiger partial charge on any atom is 0.294 e. The number of nitrogens with zero attached hydrogens (tertiary/aromatic N) is 4. The van der Waals surface area contributed by atoms with Crippen LogP contribution in [0.3, 0.4) is 0 Å². The predicted octanol–water partition coefficient (Wildman–Crippen LogP) is 7.93. The van der Waals surface area contributed by atoms with Crippen LogP contribution in [0, 0.1) is 0 Å². The fourth-order valence-electron chi connectivity index (χ4n) is 5.85. The van der Waals surface area contributed by atoms with Crippen LogP contribution in [0.2, 0.25) is 0 Å². The van der Waals surface area contributed by atoms with Gasteiger partial charge in [0.25, 0.3) is 10.1 Å². The van der Waals surface area contributed by atoms with Crippen molar-refractivity contribution in [3.8, 4) is 17.2 Å². The van der Waals surface area contributed by atoms with E-state index in [0.29, 0.717) is 10.8 Å². The summed E-state index contributed by atoms with van der Waals surface area (Å²) in [7, 11) is -11.6. The lowest BCUT2D eigenvalue weighted by Crippen LogP contribution is -2.16. The van der Waals surface area contributed by atoms with Crippen molar-refractivity contribution in [2.24, 2.45) is 20.5 Å². The molecule has 0 atom stereocenters. The molecule has 61 heavy (non-hydrogen) atoms. The second kappa shape index (κ2) is 19.9. The smallest absolute Gasteiger partial charge is 0.294 e. The van der Waals surface area contributed by atoms with Gasteiger partial charge in [-0.15, -0.1) is 38.5 Å². The molecule has 324 valence electrons. The fraction of sp³-hybridized carbons (Fsp3) is 0.263. The molecule has 0 saturated heterocycles. The third kappa shape index (κ3) is 12.8. The van der Waals surface area contributed by atoms with Crippen LogP contribution in [0.25, 0.3) is 21.5 Å². The standard InChI is InChI=1S/C38H38Cl2N6O12S3/c39-13-17-59(52,53)15-1-3-34(48)41-25-8-12-29(33(47)21-25)44-46-30-10-5-23-19-26(7-9-28(23)37(30)50)43-45-31-11-6-24-20-27(61(56,57)58)22-32(36(24)38(31)51)42-35(49)4-2-16-60(54,55)18-14-40/h5-12,19-22,47,50-51H,1-4,13-18H2,(H,41,48)(H,42,49)(H,56,57,58). The van der Waals surface area contributed by atoms with Gasteiger partial charge < -0.3 is 26.0 Å². The molecule has 18 nitrogen and oxygen atoms in total. The normalized spacial score (nSPS) is 12.4. The summed E-state index contributed by atoms with van der Waals surface area (Å²) in [6.45, 7) is 0. The number of halogens is 2. The van der Waals surface area contributed by atoms with Gasteiger partial charge in [-0.25, -0.2) is 16.8 Å². The Hall–Kier alpha value is -5.45. The predicted molar refractivity (Wildman–Crippen MR) is 232 cm³/mol. The average Bonchev–Trinajstić information content (AvgIpc) is 3.17. The summed E-state index contributed by atoms with van der Waals surface area (Å²) in [5.74, 6) is -3.25. The number of benzene rings is 5. The molecule has 0 unspecified atom stereocenters. The molecule has 0 spiro atoms. The van der Waals surface area contributed by atoms with Crippen LogP contribution in [0.1, 0.15) is 25.7 Å². The largest absolute Gasteiger partial charge is 0.506 e. The summed E-state index contributed by atoms with van der Waals surface area (Å²) in [5, 5.41) is 55.1. The van der Waals surface area contributed by atoms with Gasteiger partial charge in [-0.05, 0) is 78.2 Å². The molecule has 0 aromatic heterocycles. The monoisotopic (exact) mass is 936 g/mol. The van der Waals surface area contributed by atoms with E-state index < -0.39 is 52.3 Å². The molecule has 0 aliphatic rings. The van der Waals surface area contributed by atoms with Crippen molar-refractivity contribution < 1.29 is 54.7 Å². The first-order valence-corrected chi connectivity index (χ1v) is 24.3. The second-order valence-corrected chi connectivity index (χ2v) is 20.2. The average molecular weight is 938 g/mol. The number of fused-ring (bicyclic) bond motifs is 2. The minimum atomic E-state index is -4.75. The van der Waals surface area contributed by atoms with Crippen molar-refractivity contribution in [2.75, 3.05) is 45.4 Å². The lowest BCUT2D eigenvalue weighted by molar-refractivity contribution is -0.117. The fourth-order valence-corrected chi connectivity index (χ4v) is 9.85. The Bertz CT molecular complexity index is 2900. The first-order chi connectivity index (χ1) is 28.8. The van der Waals surface area contributed by atoms with Gasteiger partial charge in [0, 0.05) is 47.1 Å². The van der Waals surface area contributed by atoms with E-state index in [1.807, 2.05) is 0 Å². The zero-order valence-electron chi connectivity index (χ0n) is 31.8. The zero-order chi connectivity index (χ0) is 44.5. The first-order valence-electron chi connectivity index (χ1n) is 18.1. The summed E-state index contributed by atoms with van der Waals surface area (Å²) in [6, 6.07) is 16.5. The number of aromatic hydroxyl groups is 3. The number of azo groups is 2. The number of phenols is 3. The molecule has 5 aromatic carbocycles. The molecule has 23 heteroatoms. The van der Waals surface area contributed by atoms with Gasteiger partial charge in [0.2, 0.25) is 11.8 Å². The summed E-state index contributed by atoms with van der Waals surface area (Å²) in [5.41, 5.74) is 0.333. The highest BCUT2D eigenvalue weighted by atomic mass is 35.5. The molecule has 0 radical (unpaired) electrons. The highest BCUT2D eigenvalue weighted by Crippen LogP contribution is 2.42. The van der Waals surface area contributed by atoms with Gasteiger partial charge in [0.05, 0.1) is 39.3 Å². The minimum Gasteiger partial charge on any atom is -0.506 e. The van der Waals surface area contributed by atoms with Crippen LogP contribution in [-0.2, 0) is 39.4 Å². The van der Waals surface area contributed by atoms with Crippen molar-refractivity contribution in [1.29, 1.82) is 0 Å². The van der Waals surface area contributed by atoms with Gasteiger partial charge >= 0.3 is 0 Å². The van der Waals surface area contributed by atoms with Gasteiger partial charge in [-0.1, -0.05) is 12.1 Å². The Balaban J connectivity index is 1.30. The van der Waals surface area contributed by atoms with Crippen LogP contribution in [0.15, 0.2) is 98.1 Å². The molecule has 5 rings (SSSR count). The highest BCUT2D eigenvalue weighted by molar-refractivity contribution is 7.91. The minimum absolute atomic E-state index is 0.0252. The maximum absolute atomic E-state index is 12.8. The molecular formula is C38H38Cl2N6O12S3. The molecule has 0 bridgehead atoms. The second-order valence-electron chi connectivity index (χ2n) is 13.4. The number of rotatable bonds is 19. The van der Waals surface area contributed by atoms with Crippen molar-refractivity contribution in [2.45, 2.75) is 30.6 Å². The Labute approximate surface area is 359 Å². The molecule has 5 aromatic rings. The number of anilines is 2. The summed E-state index contributed by atoms with van der Waals surface area (Å²) in [4.78, 5) is 24.5. The number of phenolic OH excluding ortho intramolecular Hbond substituents is 3. The number of hydrogen-bond donors (Lipinski definition) is 6. The lowest BCUT2D eigenvalue weighted by Gasteiger charge is -2.13. The molecule has 2 amide bonds. The van der Waals surface area contributed by atoms with E-state index in [0.717, 1.165) is 12.1 Å². The van der Waals surface area contributed by atoms with Gasteiger partial charge in [0.1, 0.15) is 22.8 Å². The quantitative estimate of drug-likeness (QED) is 0.0261. The van der Waals surface area contributed by atoms with E-state index in [1.165, 1.54) is 48.5 Å². The third-order valence-corrected chi connectivity index (χ3v) is 14.0. The lowest BCUT2D eigenvalue weighted by atomic mass is 10.1. The van der Waals surface area contributed by atoms with Gasteiger partial charge in [0.15, 0.2) is 31.2 Å². The molecule has 0 saturated carbocycles. The van der Waals surface area contributed by atoms with Crippen LogP contribution < -0.4 is 10.6 Å². The molecule has 0 aliphatic carbocycles. The molecule has 6 N–H and O–H groups in total. The van der Waals surface area contributed by atoms with Gasteiger partial charge in [-0.3, -0.25) is 14.1 Å². The number of hydrogen-bond acceptors (Lipinski definition) is 15. The zero-order valence-corrected chi connectivity index (χ0v) is 35.8. The summed E-state index contributed by atoms with van der Waals surface area (Å²) < 4.78 is 81.3. The molecule has 0 fully saturated rings. The van der Waals surface area contributed by atoms with E-state index in [-0.39, 0.29) is 117 Å². The Morgan fingerprint density at radius 3 is 1.75 bits per heavy atom. The molecule has 0 heterocycles. The Morgan fingerprint density at radius 2 is 1.15 bits per heavy atom. The van der Waals surface area contributed by atoms with Gasteiger partial charge in [-0.2, -0.15) is 13.5 Å². The van der Waals surface area contributed by atoms with Crippen molar-refractivity contribution in [1.82, 2.24) is 0 Å². The first kappa shape index (κ1) is 46.6. The van der Waals surface area contributed by atoms with Crippen LogP contribution in [-0.4, -0.2) is 91.7 Å². The Morgan fingerprint density at radius 1 is 0.590 bits per heavy atom. The maximum atomic E-state index is 12.8. The number of amides is 2. The molecular weight excluding hydrogens is 900 g/mol. The van der Waals surface area contributed by atoms with Crippen LogP contribution in [0.5, 0.6) is 17.2 Å². The number of carbonyl (C=O) groups is 2. The van der Waals surface area contributed by atoms with E-state index in [9.17, 15) is 54.7 Å². The highest BCUT2D eigenvalue weighted by Gasteiger charge is 2.20. The topological polar surface area (TPSA) is 291 Å². The van der Waals surface area contributed by atoms with Crippen LogP contribution in [0.4, 0.5) is 34.1 Å². The number of alkyl halides is 2. The summed E-state index contributed by atoms with van der Waals surface area (Å²) >= 11 is 11.0.